The molecule has 1 aliphatic rings. The minimum atomic E-state index is -0.434. The summed E-state index contributed by atoms with van der Waals surface area (Å²) in [5.74, 6) is 0.754. The van der Waals surface area contributed by atoms with Crippen LogP contribution in [0.1, 0.15) is 72.1 Å². The molecule has 4 heteroatoms. The fourth-order valence-corrected chi connectivity index (χ4v) is 3.23. The van der Waals surface area contributed by atoms with Gasteiger partial charge in [-0.25, -0.2) is 0 Å². The van der Waals surface area contributed by atoms with Crippen LogP contribution in [0.4, 0.5) is 5.69 Å². The molecule has 4 nitrogen and oxygen atoms in total. The van der Waals surface area contributed by atoms with Crippen LogP contribution in [-0.4, -0.2) is 18.1 Å². The van der Waals surface area contributed by atoms with Gasteiger partial charge in [0.1, 0.15) is 5.75 Å². The van der Waals surface area contributed by atoms with E-state index in [0.717, 1.165) is 24.5 Å². The number of ether oxygens (including phenoxy) is 1. The zero-order chi connectivity index (χ0) is 19.0. The number of carbonyl (C=O) groups is 1. The zero-order valence-corrected chi connectivity index (χ0v) is 16.6. The first kappa shape index (κ1) is 20.3. The predicted molar refractivity (Wildman–Crippen MR) is 108 cm³/mol. The standard InChI is InChI=1S/C22H34N2O2/c1-5-6-7-8-9-10-11-12-17-26-20-15-13-19(14-16-20)24-22(3,4)18(2)21(25)23-24/h13-16H,2,5-12,17H2,1,3-4H3,(H,23,25). The van der Waals surface area contributed by atoms with Gasteiger partial charge in [-0.15, -0.1) is 0 Å². The van der Waals surface area contributed by atoms with Crippen LogP contribution in [0, 0.1) is 0 Å². The van der Waals surface area contributed by atoms with Crippen LogP contribution in [0.5, 0.6) is 5.75 Å². The van der Waals surface area contributed by atoms with Crippen molar-refractivity contribution in [3.63, 3.8) is 0 Å². The first-order valence-electron chi connectivity index (χ1n) is 10.00. The Hall–Kier alpha value is -1.97. The minimum Gasteiger partial charge on any atom is -0.494 e. The van der Waals surface area contributed by atoms with Gasteiger partial charge in [0.25, 0.3) is 5.91 Å². The van der Waals surface area contributed by atoms with Gasteiger partial charge in [0.2, 0.25) is 0 Å². The molecule has 1 aromatic carbocycles. The number of benzene rings is 1. The summed E-state index contributed by atoms with van der Waals surface area (Å²) in [4.78, 5) is 11.9. The molecule has 0 saturated carbocycles. The van der Waals surface area contributed by atoms with E-state index in [1.54, 1.807) is 0 Å². The fourth-order valence-electron chi connectivity index (χ4n) is 3.23. The highest BCUT2D eigenvalue weighted by molar-refractivity contribution is 6.00. The molecule has 1 aromatic rings. The SMILES string of the molecule is C=C1C(=O)NN(c2ccc(OCCCCCCCCCC)cc2)C1(C)C. The summed E-state index contributed by atoms with van der Waals surface area (Å²) in [5, 5.41) is 1.86. The number of nitrogens with zero attached hydrogens (tertiary/aromatic N) is 1. The molecule has 2 rings (SSSR count). The van der Waals surface area contributed by atoms with E-state index < -0.39 is 5.54 Å². The van der Waals surface area contributed by atoms with Crippen LogP contribution >= 0.6 is 0 Å². The highest BCUT2D eigenvalue weighted by Crippen LogP contribution is 2.33. The van der Waals surface area contributed by atoms with E-state index in [-0.39, 0.29) is 5.91 Å². The molecule has 0 atom stereocenters. The number of hydrogen-bond acceptors (Lipinski definition) is 3. The lowest BCUT2D eigenvalue weighted by Gasteiger charge is -2.32. The molecule has 0 aliphatic carbocycles. The second-order valence-electron chi connectivity index (χ2n) is 7.63. The van der Waals surface area contributed by atoms with Crippen molar-refractivity contribution in [3.8, 4) is 5.75 Å². The Morgan fingerprint density at radius 3 is 2.12 bits per heavy atom. The first-order chi connectivity index (χ1) is 12.5. The lowest BCUT2D eigenvalue weighted by atomic mass is 9.96. The van der Waals surface area contributed by atoms with Crippen molar-refractivity contribution >= 4 is 11.6 Å². The van der Waals surface area contributed by atoms with Gasteiger partial charge in [0, 0.05) is 5.57 Å². The van der Waals surface area contributed by atoms with Crippen molar-refractivity contribution in [2.75, 3.05) is 11.6 Å². The second-order valence-corrected chi connectivity index (χ2v) is 7.63. The van der Waals surface area contributed by atoms with Crippen molar-refractivity contribution in [1.82, 2.24) is 5.43 Å². The van der Waals surface area contributed by atoms with Crippen molar-refractivity contribution in [2.24, 2.45) is 0 Å². The van der Waals surface area contributed by atoms with Crippen LogP contribution in [0.2, 0.25) is 0 Å². The molecule has 144 valence electrons. The third kappa shape index (κ3) is 5.26. The van der Waals surface area contributed by atoms with Crippen molar-refractivity contribution in [3.05, 3.63) is 36.4 Å². The maximum absolute atomic E-state index is 11.9. The molecule has 0 bridgehead atoms. The molecule has 1 fully saturated rings. The van der Waals surface area contributed by atoms with Gasteiger partial charge < -0.3 is 4.74 Å². The molecule has 26 heavy (non-hydrogen) atoms. The smallest absolute Gasteiger partial charge is 0.267 e. The van der Waals surface area contributed by atoms with Crippen molar-refractivity contribution < 1.29 is 9.53 Å². The van der Waals surface area contributed by atoms with Gasteiger partial charge in [-0.1, -0.05) is 58.4 Å². The van der Waals surface area contributed by atoms with E-state index in [1.807, 2.05) is 43.1 Å². The summed E-state index contributed by atoms with van der Waals surface area (Å²) in [6.07, 6.45) is 10.4. The third-order valence-corrected chi connectivity index (χ3v) is 5.15. The molecular weight excluding hydrogens is 324 g/mol. The third-order valence-electron chi connectivity index (χ3n) is 5.15. The Morgan fingerprint density at radius 2 is 1.58 bits per heavy atom. The summed E-state index contributed by atoms with van der Waals surface area (Å²) < 4.78 is 5.84. The van der Waals surface area contributed by atoms with Crippen molar-refractivity contribution in [2.45, 2.75) is 77.7 Å². The van der Waals surface area contributed by atoms with E-state index >= 15 is 0 Å². The summed E-state index contributed by atoms with van der Waals surface area (Å²) in [6, 6.07) is 7.88. The van der Waals surface area contributed by atoms with E-state index in [2.05, 4.69) is 18.9 Å². The average molecular weight is 359 g/mol. The number of hydrazine groups is 1. The zero-order valence-electron chi connectivity index (χ0n) is 16.6. The molecule has 0 radical (unpaired) electrons. The van der Waals surface area contributed by atoms with Gasteiger partial charge in [-0.2, -0.15) is 0 Å². The number of hydrogen-bond donors (Lipinski definition) is 1. The first-order valence-corrected chi connectivity index (χ1v) is 10.00. The Labute approximate surface area is 158 Å². The molecule has 1 N–H and O–H groups in total. The Bertz CT molecular complexity index is 593. The van der Waals surface area contributed by atoms with Crippen LogP contribution in [-0.2, 0) is 4.79 Å². The number of amides is 1. The van der Waals surface area contributed by atoms with Crippen molar-refractivity contribution in [1.29, 1.82) is 0 Å². The largest absolute Gasteiger partial charge is 0.494 e. The molecule has 0 unspecified atom stereocenters. The summed E-state index contributed by atoms with van der Waals surface area (Å²) in [5.41, 5.74) is 3.94. The van der Waals surface area contributed by atoms with Gasteiger partial charge in [0.15, 0.2) is 0 Å². The Balaban J connectivity index is 1.70. The van der Waals surface area contributed by atoms with Gasteiger partial charge >= 0.3 is 0 Å². The number of unbranched alkanes of at least 4 members (excludes halogenated alkanes) is 7. The van der Waals surface area contributed by atoms with Gasteiger partial charge in [-0.3, -0.25) is 15.2 Å². The Kier molecular flexibility index (Phi) is 7.55. The number of carbonyl (C=O) groups excluding carboxylic acids is 1. The van der Waals surface area contributed by atoms with E-state index in [9.17, 15) is 4.79 Å². The molecule has 1 heterocycles. The highest BCUT2D eigenvalue weighted by Gasteiger charge is 2.41. The minimum absolute atomic E-state index is 0.120. The molecule has 0 spiro atoms. The second kappa shape index (κ2) is 9.65. The predicted octanol–water partition coefficient (Wildman–Crippen LogP) is 5.39. The lowest BCUT2D eigenvalue weighted by molar-refractivity contribution is -0.116. The topological polar surface area (TPSA) is 41.6 Å². The highest BCUT2D eigenvalue weighted by atomic mass is 16.5. The normalized spacial score (nSPS) is 16.0. The summed E-state index contributed by atoms with van der Waals surface area (Å²) >= 11 is 0. The Morgan fingerprint density at radius 1 is 1.00 bits per heavy atom. The number of anilines is 1. The summed E-state index contributed by atoms with van der Waals surface area (Å²) in [7, 11) is 0. The molecule has 1 aliphatic heterocycles. The number of rotatable bonds is 11. The molecular formula is C22H34N2O2. The molecule has 0 aromatic heterocycles. The molecule has 1 saturated heterocycles. The van der Waals surface area contributed by atoms with E-state index in [0.29, 0.717) is 5.57 Å². The lowest BCUT2D eigenvalue weighted by Crippen LogP contribution is -2.44. The maximum Gasteiger partial charge on any atom is 0.267 e. The van der Waals surface area contributed by atoms with Gasteiger partial charge in [0.05, 0.1) is 17.8 Å². The van der Waals surface area contributed by atoms with Crippen LogP contribution < -0.4 is 15.2 Å². The monoisotopic (exact) mass is 358 g/mol. The van der Waals surface area contributed by atoms with Crippen LogP contribution in [0.25, 0.3) is 0 Å². The van der Waals surface area contributed by atoms with Crippen LogP contribution in [0.3, 0.4) is 0 Å². The van der Waals surface area contributed by atoms with Crippen LogP contribution in [0.15, 0.2) is 36.4 Å². The quantitative estimate of drug-likeness (QED) is 0.426. The fraction of sp³-hybridized carbons (Fsp3) is 0.591. The number of nitrogens with one attached hydrogen (secondary N) is 1. The van der Waals surface area contributed by atoms with E-state index in [4.69, 9.17) is 4.74 Å². The molecule has 1 amide bonds. The summed E-state index contributed by atoms with van der Waals surface area (Å²) in [6.45, 7) is 10.9. The average Bonchev–Trinajstić information content (AvgIpc) is 2.84. The van der Waals surface area contributed by atoms with Gasteiger partial charge in [-0.05, 0) is 44.5 Å². The maximum atomic E-state index is 11.9. The van der Waals surface area contributed by atoms with E-state index in [1.165, 1.54) is 44.9 Å².